The van der Waals surface area contributed by atoms with Crippen molar-refractivity contribution in [3.63, 3.8) is 0 Å². The molecule has 0 atom stereocenters. The number of carbonyl (C=O) groups is 4. The van der Waals surface area contributed by atoms with E-state index in [0.717, 1.165) is 117 Å². The normalized spacial score (nSPS) is 12.2. The summed E-state index contributed by atoms with van der Waals surface area (Å²) in [5.41, 5.74) is 14.8. The molecule has 0 aliphatic carbocycles. The molecule has 0 unspecified atom stereocenters. The summed E-state index contributed by atoms with van der Waals surface area (Å²) in [5, 5.41) is 16.5. The van der Waals surface area contributed by atoms with Crippen LogP contribution in [-0.2, 0) is 29.1 Å². The third-order valence-electron chi connectivity index (χ3n) is 16.2. The number of H-pyrrole nitrogens is 3. The van der Waals surface area contributed by atoms with E-state index in [0.29, 0.717) is 89.9 Å². The van der Waals surface area contributed by atoms with Gasteiger partial charge in [0.25, 0.3) is 11.5 Å². The van der Waals surface area contributed by atoms with E-state index >= 15 is 0 Å². The Morgan fingerprint density at radius 1 is 0.587 bits per heavy atom. The summed E-state index contributed by atoms with van der Waals surface area (Å²) in [6.07, 6.45) is 13.3. The number of hydrogen-bond donors (Lipinski definition) is 9. The van der Waals surface area contributed by atoms with Gasteiger partial charge in [-0.1, -0.05) is 26.0 Å². The van der Waals surface area contributed by atoms with Crippen LogP contribution in [0.1, 0.15) is 56.3 Å². The molecule has 538 valence electrons. The van der Waals surface area contributed by atoms with Crippen molar-refractivity contribution in [3.8, 4) is 67.3 Å². The van der Waals surface area contributed by atoms with Gasteiger partial charge >= 0.3 is 18.2 Å². The maximum absolute atomic E-state index is 12.9. The topological polar surface area (TPSA) is 354 Å². The fraction of sp³-hybridized carbons (Fsp3) is 0.293. The largest absolute Gasteiger partial charge is 0.450 e. The molecule has 0 saturated carbocycles. The maximum atomic E-state index is 12.9. The first-order chi connectivity index (χ1) is 50.4. The number of hydrogen-bond acceptors (Lipinski definition) is 19. The molecule has 29 heteroatoms. The lowest BCUT2D eigenvalue weighted by Gasteiger charge is -2.26. The van der Waals surface area contributed by atoms with Crippen molar-refractivity contribution in [2.75, 3.05) is 103 Å². The molecular weight excluding hydrogens is 1320 g/mol. The molecule has 6 amide bonds. The average molecular weight is 1410 g/mol. The Morgan fingerprint density at radius 3 is 1.81 bits per heavy atom. The molecule has 1 aliphatic heterocycles. The third-order valence-corrected chi connectivity index (χ3v) is 16.2. The predicted molar refractivity (Wildman–Crippen MR) is 402 cm³/mol. The minimum Gasteiger partial charge on any atom is -0.450 e. The lowest BCUT2D eigenvalue weighted by Crippen LogP contribution is -2.41. The molecule has 13 rings (SSSR count). The van der Waals surface area contributed by atoms with Gasteiger partial charge < -0.3 is 59.2 Å². The van der Waals surface area contributed by atoms with Crippen LogP contribution in [0.2, 0.25) is 0 Å². The van der Waals surface area contributed by atoms with Gasteiger partial charge in [-0.15, -0.1) is 0 Å². The number of amides is 6. The van der Waals surface area contributed by atoms with Crippen LogP contribution in [0.3, 0.4) is 0 Å². The zero-order chi connectivity index (χ0) is 73.2. The number of carbonyl (C=O) groups excluding carboxylic acids is 4. The molecule has 9 N–H and O–H groups in total. The molecule has 0 radical (unpaired) electrons. The second-order valence-electron chi connectivity index (χ2n) is 25.4. The summed E-state index contributed by atoms with van der Waals surface area (Å²) in [5.74, 6) is 2.24. The van der Waals surface area contributed by atoms with Crippen LogP contribution >= 0.6 is 0 Å². The molecule has 1 saturated heterocycles. The fourth-order valence-corrected chi connectivity index (χ4v) is 11.6. The maximum Gasteiger partial charge on any atom is 0.413 e. The average Bonchev–Trinajstić information content (AvgIpc) is 1.61. The number of ether oxygens (including phenoxy) is 2. The molecule has 10 heterocycles. The summed E-state index contributed by atoms with van der Waals surface area (Å²) in [4.78, 5) is 113. The zero-order valence-corrected chi connectivity index (χ0v) is 59.6. The number of rotatable bonds is 22. The number of urea groups is 2. The Hall–Kier alpha value is -12.1. The van der Waals surface area contributed by atoms with E-state index in [2.05, 4.69) is 123 Å². The zero-order valence-electron chi connectivity index (χ0n) is 59.6. The standard InChI is InChI=1S/C27H30N8O3.C25H30N6O4.C23H25N7O/c1-2-29-27(37)34-26-32-23-15-18(14-21(24(23)33-26)22-5-3-4-6-30-22)19-13-20(17-28-16-19)25(36)31-7-8-35-9-11-38-12-10-35;1-6-34-25(33)29-24-27-20-10-17(16-7-8-31(13-15(2)3)21(32)11-16)9-19(22(20)28-24)23-26-12-18(35-23)14-30(4)5;1-4-25-23(31)29-22-27-20-12-17(16-6-5-8-24-13-16)11-18(21(20)28-22)19-10-15(7-9-26-19)14-30(2)3/h3-6,13-17H,2,7-12H2,1H3,(H,31,36)(H3,29,32,33,34,37);7-12,15H,6,13-14H2,1-5H3,(H2,27,28,29,33);5-13H,4,14H2,1-3H3,(H3,25,27,28,29,31). The number of nitrogens with zero attached hydrogens (tertiary/aromatic N) is 12. The molecule has 1 fully saturated rings. The number of pyridine rings is 5. The van der Waals surface area contributed by atoms with Crippen LogP contribution in [0, 0.1) is 5.92 Å². The molecule has 1 aliphatic rings. The Morgan fingerprint density at radius 2 is 1.20 bits per heavy atom. The van der Waals surface area contributed by atoms with Gasteiger partial charge in [-0.2, -0.15) is 0 Å². The summed E-state index contributed by atoms with van der Waals surface area (Å²) >= 11 is 0. The molecule has 0 spiro atoms. The van der Waals surface area contributed by atoms with Gasteiger partial charge in [-0.05, 0) is 162 Å². The molecular formula is C75H85N21O8. The monoisotopic (exact) mass is 1410 g/mol. The summed E-state index contributed by atoms with van der Waals surface area (Å²) < 4.78 is 18.0. The number of aromatic amines is 3. The van der Waals surface area contributed by atoms with Crippen LogP contribution in [0.4, 0.5) is 32.2 Å². The van der Waals surface area contributed by atoms with Gasteiger partial charge in [-0.3, -0.25) is 50.4 Å². The summed E-state index contributed by atoms with van der Waals surface area (Å²) in [7, 11) is 7.97. The minimum atomic E-state index is -0.605. The van der Waals surface area contributed by atoms with Gasteiger partial charge in [-0.25, -0.2) is 34.3 Å². The van der Waals surface area contributed by atoms with Crippen LogP contribution in [-0.4, -0.2) is 185 Å². The first kappa shape index (κ1) is 73.2. The Labute approximate surface area is 600 Å². The number of imidazole rings is 3. The van der Waals surface area contributed by atoms with Crippen molar-refractivity contribution in [2.45, 2.75) is 54.3 Å². The fourth-order valence-electron chi connectivity index (χ4n) is 11.6. The van der Waals surface area contributed by atoms with Crippen LogP contribution in [0.5, 0.6) is 0 Å². The summed E-state index contributed by atoms with van der Waals surface area (Å²) in [6.45, 7) is 17.4. The van der Waals surface area contributed by atoms with E-state index in [9.17, 15) is 24.0 Å². The van der Waals surface area contributed by atoms with E-state index in [-0.39, 0.29) is 36.1 Å². The highest BCUT2D eigenvalue weighted by Gasteiger charge is 2.22. The van der Waals surface area contributed by atoms with Crippen LogP contribution < -0.4 is 37.5 Å². The molecule has 29 nitrogen and oxygen atoms in total. The highest BCUT2D eigenvalue weighted by atomic mass is 16.5. The second kappa shape index (κ2) is 34.5. The lowest BCUT2D eigenvalue weighted by atomic mass is 10.00. The third kappa shape index (κ3) is 19.1. The van der Waals surface area contributed by atoms with Crippen molar-refractivity contribution in [1.82, 2.24) is 90.0 Å². The number of nitrogens with one attached hydrogen (secondary N) is 9. The van der Waals surface area contributed by atoms with Crippen molar-refractivity contribution in [3.05, 3.63) is 174 Å². The van der Waals surface area contributed by atoms with Crippen molar-refractivity contribution < 1.29 is 33.1 Å². The Bertz CT molecular complexity index is 5000. The van der Waals surface area contributed by atoms with E-state index in [1.54, 1.807) is 48.5 Å². The quantitative estimate of drug-likeness (QED) is 0.0304. The van der Waals surface area contributed by atoms with Gasteiger partial charge in [0.05, 0.1) is 82.7 Å². The van der Waals surface area contributed by atoms with Crippen LogP contribution in [0.25, 0.3) is 100 Å². The number of oxazole rings is 1. The van der Waals surface area contributed by atoms with Gasteiger partial charge in [0.2, 0.25) is 23.7 Å². The van der Waals surface area contributed by atoms with Gasteiger partial charge in [0.1, 0.15) is 11.3 Å². The molecule has 0 bridgehead atoms. The predicted octanol–water partition coefficient (Wildman–Crippen LogP) is 11.1. The Balaban J connectivity index is 0.000000157. The number of benzene rings is 3. The van der Waals surface area contributed by atoms with E-state index in [1.165, 1.54) is 0 Å². The number of anilines is 3. The molecule has 9 aromatic heterocycles. The smallest absolute Gasteiger partial charge is 0.413 e. The number of fused-ring (bicyclic) bond motifs is 3. The van der Waals surface area contributed by atoms with E-state index in [4.69, 9.17) is 13.9 Å². The first-order valence-electron chi connectivity index (χ1n) is 34.3. The molecule has 104 heavy (non-hydrogen) atoms. The lowest BCUT2D eigenvalue weighted by molar-refractivity contribution is 0.0383. The van der Waals surface area contributed by atoms with Gasteiger partial charge in [0.15, 0.2) is 0 Å². The SMILES string of the molecule is CCNC(=O)Nc1nc2c(-c3cc(CN(C)C)ccn3)cc(-c3cccnc3)cc2[nH]1.CCNC(=O)Nc1nc2c(-c3ccccn3)cc(-c3cncc(C(=O)NCCN4CCOCC4)c3)cc2[nH]1.CCOC(=O)Nc1nc2c(-c3ncc(CN(C)C)o3)cc(-c3ccn(CC(C)C)c(=O)c3)cc2[nH]1. The van der Waals surface area contributed by atoms with Crippen molar-refractivity contribution >= 4 is 75.0 Å². The summed E-state index contributed by atoms with van der Waals surface area (Å²) in [6, 6.07) is 30.1. The van der Waals surface area contributed by atoms with Gasteiger partial charge in [0, 0.05) is 124 Å². The van der Waals surface area contributed by atoms with Crippen LogP contribution in [0.15, 0.2) is 156 Å². The number of morpholine rings is 1. The highest BCUT2D eigenvalue weighted by molar-refractivity contribution is 6.01. The second-order valence-corrected chi connectivity index (χ2v) is 25.4. The van der Waals surface area contributed by atoms with Crippen molar-refractivity contribution in [1.29, 1.82) is 0 Å². The number of aromatic nitrogens is 12. The molecule has 12 aromatic rings. The van der Waals surface area contributed by atoms with E-state index < -0.39 is 6.09 Å². The highest BCUT2D eigenvalue weighted by Crippen LogP contribution is 2.37. The minimum absolute atomic E-state index is 0.0727. The Kier molecular flexibility index (Phi) is 24.3. The first-order valence-corrected chi connectivity index (χ1v) is 34.3. The van der Waals surface area contributed by atoms with Crippen molar-refractivity contribution in [2.24, 2.45) is 5.92 Å². The van der Waals surface area contributed by atoms with E-state index in [1.807, 2.05) is 144 Å². The molecule has 3 aromatic carbocycles.